The van der Waals surface area contributed by atoms with Crippen molar-refractivity contribution >= 4 is 23.4 Å². The number of hydrogen-bond donors (Lipinski definition) is 2. The molecule has 1 heterocycles. The standard InChI is InChI=1S/C29H27ClN4O5/c1-37-24-11-12-27(25(30)13-24)39-23-9-7-20(8-10-23)14-33-29(36)26(18-38-17-21-5-3-2-4-6-21)34-28(35)22-15-31-19-32-16-22/h2-13,15-16,19,26H,14,17-18H2,1H3,(H,33,36)(H,34,35). The minimum atomic E-state index is -0.929. The monoisotopic (exact) mass is 546 g/mol. The van der Waals surface area contributed by atoms with Crippen LogP contribution in [-0.4, -0.2) is 41.5 Å². The fourth-order valence-corrected chi connectivity index (χ4v) is 3.72. The first-order valence-corrected chi connectivity index (χ1v) is 12.4. The molecule has 0 saturated carbocycles. The molecular formula is C29H27ClN4O5. The summed E-state index contributed by atoms with van der Waals surface area (Å²) in [5, 5.41) is 5.99. The van der Waals surface area contributed by atoms with Gasteiger partial charge in [0.1, 0.15) is 29.6 Å². The maximum absolute atomic E-state index is 13.0. The molecule has 0 aliphatic carbocycles. The van der Waals surface area contributed by atoms with Crippen molar-refractivity contribution in [2.75, 3.05) is 13.7 Å². The summed E-state index contributed by atoms with van der Waals surface area (Å²) in [6.07, 6.45) is 4.08. The molecule has 1 atom stereocenters. The van der Waals surface area contributed by atoms with E-state index in [2.05, 4.69) is 20.6 Å². The zero-order chi connectivity index (χ0) is 27.5. The molecule has 200 valence electrons. The van der Waals surface area contributed by atoms with E-state index in [1.807, 2.05) is 42.5 Å². The molecule has 3 aromatic carbocycles. The van der Waals surface area contributed by atoms with E-state index < -0.39 is 17.9 Å². The van der Waals surface area contributed by atoms with Crippen LogP contribution < -0.4 is 20.1 Å². The third kappa shape index (κ3) is 8.26. The SMILES string of the molecule is COc1ccc(Oc2ccc(CNC(=O)C(COCc3ccccc3)NC(=O)c3cncnc3)cc2)c(Cl)c1. The number of halogens is 1. The number of methoxy groups -OCH3 is 1. The van der Waals surface area contributed by atoms with Crippen molar-refractivity contribution in [1.29, 1.82) is 0 Å². The smallest absolute Gasteiger partial charge is 0.255 e. The molecule has 2 amide bonds. The summed E-state index contributed by atoms with van der Waals surface area (Å²) < 4.78 is 16.7. The van der Waals surface area contributed by atoms with Crippen LogP contribution in [0.4, 0.5) is 0 Å². The molecule has 1 aromatic heterocycles. The lowest BCUT2D eigenvalue weighted by Gasteiger charge is -2.19. The number of amides is 2. The molecule has 4 rings (SSSR count). The molecule has 10 heteroatoms. The van der Waals surface area contributed by atoms with Crippen LogP contribution in [0.5, 0.6) is 17.2 Å². The Labute approximate surface area is 231 Å². The average Bonchev–Trinajstić information content (AvgIpc) is 2.98. The van der Waals surface area contributed by atoms with Gasteiger partial charge < -0.3 is 24.8 Å². The van der Waals surface area contributed by atoms with Crippen molar-refractivity contribution in [3.63, 3.8) is 0 Å². The summed E-state index contributed by atoms with van der Waals surface area (Å²) >= 11 is 6.25. The van der Waals surface area contributed by atoms with E-state index in [0.717, 1.165) is 11.1 Å². The van der Waals surface area contributed by atoms with E-state index in [1.165, 1.54) is 18.7 Å². The van der Waals surface area contributed by atoms with Crippen LogP contribution in [0.15, 0.2) is 91.5 Å². The molecule has 1 unspecified atom stereocenters. The third-order valence-electron chi connectivity index (χ3n) is 5.60. The second kappa shape index (κ2) is 13.9. The van der Waals surface area contributed by atoms with Crippen molar-refractivity contribution in [2.24, 2.45) is 0 Å². The van der Waals surface area contributed by atoms with Gasteiger partial charge in [0.05, 0.1) is 30.9 Å². The van der Waals surface area contributed by atoms with Crippen LogP contribution in [-0.2, 0) is 22.7 Å². The van der Waals surface area contributed by atoms with E-state index >= 15 is 0 Å². The summed E-state index contributed by atoms with van der Waals surface area (Å²) in [5.74, 6) is 0.852. The van der Waals surface area contributed by atoms with Gasteiger partial charge in [-0.15, -0.1) is 0 Å². The summed E-state index contributed by atoms with van der Waals surface area (Å²) in [7, 11) is 1.57. The van der Waals surface area contributed by atoms with E-state index in [9.17, 15) is 9.59 Å². The first-order chi connectivity index (χ1) is 19.0. The van der Waals surface area contributed by atoms with Crippen molar-refractivity contribution < 1.29 is 23.8 Å². The van der Waals surface area contributed by atoms with Crippen LogP contribution in [0.2, 0.25) is 5.02 Å². The van der Waals surface area contributed by atoms with Crippen LogP contribution in [0.1, 0.15) is 21.5 Å². The second-order valence-corrected chi connectivity index (χ2v) is 8.82. The molecular weight excluding hydrogens is 520 g/mol. The predicted molar refractivity (Wildman–Crippen MR) is 146 cm³/mol. The molecule has 4 aromatic rings. The Morgan fingerprint density at radius 3 is 2.33 bits per heavy atom. The van der Waals surface area contributed by atoms with Crippen molar-refractivity contribution in [3.05, 3.63) is 113 Å². The van der Waals surface area contributed by atoms with Gasteiger partial charge in [-0.1, -0.05) is 54.1 Å². The van der Waals surface area contributed by atoms with Crippen LogP contribution in [0.25, 0.3) is 0 Å². The van der Waals surface area contributed by atoms with Gasteiger partial charge in [0.15, 0.2) is 0 Å². The quantitative estimate of drug-likeness (QED) is 0.268. The highest BCUT2D eigenvalue weighted by Gasteiger charge is 2.22. The first kappa shape index (κ1) is 27.6. The zero-order valence-electron chi connectivity index (χ0n) is 21.2. The highest BCUT2D eigenvalue weighted by Crippen LogP contribution is 2.32. The number of nitrogens with zero attached hydrogens (tertiary/aromatic N) is 2. The van der Waals surface area contributed by atoms with E-state index in [-0.39, 0.29) is 18.7 Å². The van der Waals surface area contributed by atoms with Gasteiger partial charge in [-0.3, -0.25) is 9.59 Å². The third-order valence-corrected chi connectivity index (χ3v) is 5.89. The minimum Gasteiger partial charge on any atom is -0.497 e. The number of carbonyl (C=O) groups excluding carboxylic acids is 2. The van der Waals surface area contributed by atoms with Crippen LogP contribution >= 0.6 is 11.6 Å². The normalized spacial score (nSPS) is 11.3. The lowest BCUT2D eigenvalue weighted by molar-refractivity contribution is -0.124. The first-order valence-electron chi connectivity index (χ1n) is 12.1. The Balaban J connectivity index is 1.35. The molecule has 0 radical (unpaired) electrons. The Bertz CT molecular complexity index is 1370. The maximum Gasteiger partial charge on any atom is 0.255 e. The molecule has 0 fully saturated rings. The summed E-state index contributed by atoms with van der Waals surface area (Å²) in [5.41, 5.74) is 2.03. The molecule has 0 aliphatic heterocycles. The Morgan fingerprint density at radius 1 is 0.923 bits per heavy atom. The largest absolute Gasteiger partial charge is 0.497 e. The van der Waals surface area contributed by atoms with Crippen molar-refractivity contribution in [1.82, 2.24) is 20.6 Å². The number of benzene rings is 3. The highest BCUT2D eigenvalue weighted by atomic mass is 35.5. The number of aromatic nitrogens is 2. The van der Waals surface area contributed by atoms with Crippen LogP contribution in [0.3, 0.4) is 0 Å². The number of rotatable bonds is 12. The van der Waals surface area contributed by atoms with Gasteiger partial charge in [0, 0.05) is 25.0 Å². The fraction of sp³-hybridized carbons (Fsp3) is 0.172. The summed E-state index contributed by atoms with van der Waals surface area (Å²) in [4.78, 5) is 33.4. The number of hydrogen-bond acceptors (Lipinski definition) is 7. The van der Waals surface area contributed by atoms with Gasteiger partial charge in [-0.25, -0.2) is 9.97 Å². The molecule has 9 nitrogen and oxygen atoms in total. The van der Waals surface area contributed by atoms with Crippen LogP contribution in [0, 0.1) is 0 Å². The van der Waals surface area contributed by atoms with E-state index in [1.54, 1.807) is 37.4 Å². The highest BCUT2D eigenvalue weighted by molar-refractivity contribution is 6.32. The molecule has 0 spiro atoms. The lowest BCUT2D eigenvalue weighted by atomic mass is 10.2. The summed E-state index contributed by atoms with van der Waals surface area (Å²) in [6, 6.07) is 21.0. The molecule has 0 aliphatic rings. The van der Waals surface area contributed by atoms with Gasteiger partial charge in [-0.05, 0) is 35.4 Å². The zero-order valence-corrected chi connectivity index (χ0v) is 21.9. The number of ether oxygens (including phenoxy) is 3. The second-order valence-electron chi connectivity index (χ2n) is 8.41. The van der Waals surface area contributed by atoms with Gasteiger partial charge in [0.2, 0.25) is 5.91 Å². The minimum absolute atomic E-state index is 0.0183. The van der Waals surface area contributed by atoms with E-state index in [4.69, 9.17) is 25.8 Å². The van der Waals surface area contributed by atoms with E-state index in [0.29, 0.717) is 28.9 Å². The van der Waals surface area contributed by atoms with Gasteiger partial charge in [0.25, 0.3) is 5.91 Å². The molecule has 0 saturated heterocycles. The molecule has 39 heavy (non-hydrogen) atoms. The fourth-order valence-electron chi connectivity index (χ4n) is 3.52. The lowest BCUT2D eigenvalue weighted by Crippen LogP contribution is -2.49. The Hall–Kier alpha value is -4.47. The average molecular weight is 547 g/mol. The Kier molecular flexibility index (Phi) is 9.82. The van der Waals surface area contributed by atoms with Crippen molar-refractivity contribution in [2.45, 2.75) is 19.2 Å². The number of nitrogens with one attached hydrogen (secondary N) is 2. The maximum atomic E-state index is 13.0. The van der Waals surface area contributed by atoms with Gasteiger partial charge in [-0.2, -0.15) is 0 Å². The summed E-state index contributed by atoms with van der Waals surface area (Å²) in [6.45, 7) is 0.520. The molecule has 0 bridgehead atoms. The van der Waals surface area contributed by atoms with Crippen molar-refractivity contribution in [3.8, 4) is 17.2 Å². The topological polar surface area (TPSA) is 112 Å². The number of carbonyl (C=O) groups is 2. The predicted octanol–water partition coefficient (Wildman–Crippen LogP) is 4.56. The van der Waals surface area contributed by atoms with Gasteiger partial charge >= 0.3 is 0 Å². The molecule has 2 N–H and O–H groups in total. The Morgan fingerprint density at radius 2 is 1.64 bits per heavy atom.